The van der Waals surface area contributed by atoms with E-state index in [0.29, 0.717) is 0 Å². The van der Waals surface area contributed by atoms with Gasteiger partial charge in [0.2, 0.25) is 0 Å². The van der Waals surface area contributed by atoms with Crippen molar-refractivity contribution in [2.45, 2.75) is 0 Å². The van der Waals surface area contributed by atoms with E-state index in [9.17, 15) is 0 Å². The first-order chi connectivity index (χ1) is 1.73. The molecule has 0 saturated heterocycles. The van der Waals surface area contributed by atoms with E-state index in [2.05, 4.69) is 0 Å². The van der Waals surface area contributed by atoms with E-state index < -0.39 is 5.09 Å². The van der Waals surface area contributed by atoms with Crippen molar-refractivity contribution in [3.63, 3.8) is 0 Å². The van der Waals surface area contributed by atoms with Gasteiger partial charge in [-0.2, -0.15) is 0 Å². The minimum Gasteiger partial charge on any atom is -0.356 e. The Morgan fingerprint density at radius 2 is 1.33 bits per heavy atom. The number of hydrogen-bond donors (Lipinski definition) is 1. The summed E-state index contributed by atoms with van der Waals surface area (Å²) in [6.45, 7) is 0. The minimum atomic E-state index is -1.75. The Morgan fingerprint density at radius 3 is 1.33 bits per heavy atom. The van der Waals surface area contributed by atoms with Crippen LogP contribution in [0.5, 0.6) is 0 Å². The van der Waals surface area contributed by atoms with Gasteiger partial charge in [0.25, 0.3) is 0 Å². The molecule has 0 rings (SSSR count). The Morgan fingerprint density at radius 1 is 1.33 bits per heavy atom. The molecule has 3 N–H and O–H groups in total. The van der Waals surface area contributed by atoms with E-state index in [-0.39, 0.29) is 27.2 Å². The second kappa shape index (κ2) is 8.85. The molecular weight excluding hydrogens is 271 g/mol. The standard InChI is InChI=1S/NO3.H3N.Pt/c2-1(3)4;;/h;1H3;/q-1;;. The van der Waals surface area contributed by atoms with Crippen LogP contribution in [0, 0.1) is 15.3 Å². The van der Waals surface area contributed by atoms with Crippen LogP contribution in [0.25, 0.3) is 0 Å². The summed E-state index contributed by atoms with van der Waals surface area (Å²) in [5.41, 5.74) is 0. The predicted octanol–water partition coefficient (Wildman–Crippen LogP) is -0.0796. The topological polar surface area (TPSA) is 101 Å². The van der Waals surface area contributed by atoms with E-state index in [1.165, 1.54) is 0 Å². The van der Waals surface area contributed by atoms with Crippen LogP contribution in [0.15, 0.2) is 0 Å². The second-order valence-corrected chi connectivity index (χ2v) is 0.224. The number of hydrogen-bond acceptors (Lipinski definition) is 4. The maximum atomic E-state index is 8.25. The molecule has 0 bridgehead atoms. The average molecular weight is 274 g/mol. The van der Waals surface area contributed by atoms with E-state index in [4.69, 9.17) is 15.3 Å². The molecule has 0 aliphatic heterocycles. The maximum Gasteiger partial charge on any atom is 0.0689 e. The van der Waals surface area contributed by atoms with Crippen LogP contribution in [-0.4, -0.2) is 5.09 Å². The molecule has 5 nitrogen and oxygen atoms in total. The van der Waals surface area contributed by atoms with Gasteiger partial charge in [-0.3, -0.25) is 0 Å². The molecule has 0 heterocycles. The normalized spacial score (nSPS) is 4.00. The fourth-order valence-electron chi connectivity index (χ4n) is 0. The van der Waals surface area contributed by atoms with E-state index in [1.807, 2.05) is 0 Å². The summed E-state index contributed by atoms with van der Waals surface area (Å²) in [4.78, 5) is 8.25. The van der Waals surface area contributed by atoms with E-state index in [0.717, 1.165) is 0 Å². The van der Waals surface area contributed by atoms with Crippen LogP contribution in [-0.2, 0) is 21.1 Å². The third-order valence-electron chi connectivity index (χ3n) is 0. The molecule has 0 aromatic rings. The quantitative estimate of drug-likeness (QED) is 0.493. The Hall–Kier alpha value is -0.152. The SMILES string of the molecule is N.O=[N+]([O-])[O-].[Pt]. The molecule has 0 unspecified atom stereocenters. The molecule has 0 saturated carbocycles. The van der Waals surface area contributed by atoms with Gasteiger partial charge in [0, 0.05) is 21.1 Å². The summed E-state index contributed by atoms with van der Waals surface area (Å²) in [6, 6.07) is 0. The number of nitrogens with zero attached hydrogens (tertiary/aromatic N) is 1. The molecule has 0 atom stereocenters. The molecule has 0 radical (unpaired) electrons. The zero-order valence-corrected chi connectivity index (χ0v) is 4.97. The monoisotopic (exact) mass is 274 g/mol. The van der Waals surface area contributed by atoms with Crippen molar-refractivity contribution in [3.05, 3.63) is 15.3 Å². The summed E-state index contributed by atoms with van der Waals surface area (Å²) >= 11 is 0. The maximum absolute atomic E-state index is 8.25. The minimum absolute atomic E-state index is 0. The Balaban J connectivity index is -0.0000000450. The fourth-order valence-corrected chi connectivity index (χ4v) is 0. The summed E-state index contributed by atoms with van der Waals surface area (Å²) < 4.78 is 0. The van der Waals surface area contributed by atoms with Crippen molar-refractivity contribution in [2.75, 3.05) is 0 Å². The van der Waals surface area contributed by atoms with Crippen molar-refractivity contribution in [1.29, 1.82) is 0 Å². The van der Waals surface area contributed by atoms with Crippen molar-refractivity contribution >= 4 is 0 Å². The molecule has 0 aliphatic carbocycles. The zero-order chi connectivity index (χ0) is 3.58. The van der Waals surface area contributed by atoms with Gasteiger partial charge in [-0.05, 0) is 0 Å². The molecule has 6 heteroatoms. The fraction of sp³-hybridized carbons (Fsp3) is 0. The molecule has 0 aromatic carbocycles. The van der Waals surface area contributed by atoms with Gasteiger partial charge in [-0.15, -0.1) is 0 Å². The smallest absolute Gasteiger partial charge is 0.0689 e. The predicted molar refractivity (Wildman–Crippen MR) is 15.4 cm³/mol. The van der Waals surface area contributed by atoms with Crippen molar-refractivity contribution in [1.82, 2.24) is 6.15 Å². The first kappa shape index (κ1) is 16.9. The van der Waals surface area contributed by atoms with Crippen molar-refractivity contribution in [2.24, 2.45) is 0 Å². The van der Waals surface area contributed by atoms with E-state index >= 15 is 0 Å². The van der Waals surface area contributed by atoms with Crippen LogP contribution in [0.1, 0.15) is 0 Å². The van der Waals surface area contributed by atoms with Crippen molar-refractivity contribution in [3.8, 4) is 0 Å². The van der Waals surface area contributed by atoms with Crippen molar-refractivity contribution < 1.29 is 26.2 Å². The molecule has 0 amide bonds. The molecule has 0 aromatic heterocycles. The molecule has 42 valence electrons. The van der Waals surface area contributed by atoms with Gasteiger partial charge in [0.05, 0.1) is 5.09 Å². The summed E-state index contributed by atoms with van der Waals surface area (Å²) in [7, 11) is 0. The van der Waals surface area contributed by atoms with Crippen LogP contribution in [0.2, 0.25) is 0 Å². The van der Waals surface area contributed by atoms with Gasteiger partial charge in [0.15, 0.2) is 0 Å². The number of rotatable bonds is 0. The summed E-state index contributed by atoms with van der Waals surface area (Å²) in [6.07, 6.45) is 0. The molecule has 0 fully saturated rings. The zero-order valence-electron chi connectivity index (χ0n) is 2.70. The van der Waals surface area contributed by atoms with Gasteiger partial charge in [-0.25, -0.2) is 0 Å². The molecular formula is H3N2O3Pt-. The summed E-state index contributed by atoms with van der Waals surface area (Å²) in [5.74, 6) is 0. The van der Waals surface area contributed by atoms with Crippen LogP contribution >= 0.6 is 0 Å². The largest absolute Gasteiger partial charge is 0.356 e. The first-order valence-corrected chi connectivity index (χ1v) is 0.548. The third-order valence-corrected chi connectivity index (χ3v) is 0. The first-order valence-electron chi connectivity index (χ1n) is 0.548. The average Bonchev–Trinajstić information content (AvgIpc) is 0.811. The van der Waals surface area contributed by atoms with E-state index in [1.54, 1.807) is 0 Å². The molecule has 6 heavy (non-hydrogen) atoms. The Labute approximate surface area is 48.3 Å². The second-order valence-electron chi connectivity index (χ2n) is 0.224. The van der Waals surface area contributed by atoms with Gasteiger partial charge >= 0.3 is 0 Å². The van der Waals surface area contributed by atoms with Gasteiger partial charge in [0.1, 0.15) is 0 Å². The van der Waals surface area contributed by atoms with Gasteiger partial charge < -0.3 is 21.5 Å². The van der Waals surface area contributed by atoms with Gasteiger partial charge in [-0.1, -0.05) is 0 Å². The Kier molecular flexibility index (Phi) is 25.0. The third kappa shape index (κ3) is 1360. The molecule has 0 spiro atoms. The summed E-state index contributed by atoms with van der Waals surface area (Å²) in [5, 5.41) is 14.8. The Bertz CT molecular complexity index is 31.8. The van der Waals surface area contributed by atoms with Crippen LogP contribution < -0.4 is 6.15 Å². The van der Waals surface area contributed by atoms with Crippen LogP contribution in [0.3, 0.4) is 0 Å². The van der Waals surface area contributed by atoms with Crippen LogP contribution in [0.4, 0.5) is 0 Å². The molecule has 0 aliphatic rings.